The van der Waals surface area contributed by atoms with Gasteiger partial charge in [-0.05, 0) is 0 Å². The maximum absolute atomic E-state index is 4.77. The molecule has 0 aromatic carbocycles. The topological polar surface area (TPSA) is 47.6 Å². The van der Waals surface area contributed by atoms with Gasteiger partial charge in [-0.1, -0.05) is 6.58 Å². The predicted molar refractivity (Wildman–Crippen MR) is 28.6 cm³/mol. The molecule has 0 fully saturated rings. The van der Waals surface area contributed by atoms with Crippen LogP contribution in [0.1, 0.15) is 6.92 Å². The SMILES string of the molecule is C=CO/C(C)=N\N. The predicted octanol–water partition coefficient (Wildman–Crippen LogP) is 0.439. The highest BCUT2D eigenvalue weighted by molar-refractivity contribution is 5.73. The minimum absolute atomic E-state index is 0.412. The van der Waals surface area contributed by atoms with Crippen LogP contribution in [0.15, 0.2) is 17.9 Å². The first-order chi connectivity index (χ1) is 3.31. The van der Waals surface area contributed by atoms with E-state index in [1.807, 2.05) is 0 Å². The number of nitrogens with two attached hydrogens (primary N) is 1. The lowest BCUT2D eigenvalue weighted by atomic mass is 10.8. The fourth-order valence-electron chi connectivity index (χ4n) is 0.151. The first kappa shape index (κ1) is 6.01. The van der Waals surface area contributed by atoms with Gasteiger partial charge in [0, 0.05) is 6.92 Å². The molecule has 0 aromatic heterocycles. The Bertz CT molecular complexity index is 87.7. The first-order valence-electron chi connectivity index (χ1n) is 1.83. The normalized spacial score (nSPS) is 10.7. The van der Waals surface area contributed by atoms with Gasteiger partial charge in [0.15, 0.2) is 0 Å². The highest BCUT2D eigenvalue weighted by Crippen LogP contribution is 1.74. The third kappa shape index (κ3) is 2.82. The Labute approximate surface area is 42.5 Å². The number of hydrogen-bond acceptors (Lipinski definition) is 3. The Morgan fingerprint density at radius 3 is 2.71 bits per heavy atom. The highest BCUT2D eigenvalue weighted by atomic mass is 16.5. The minimum atomic E-state index is 0.412. The maximum Gasteiger partial charge on any atom is 0.207 e. The van der Waals surface area contributed by atoms with Crippen LogP contribution in [0.3, 0.4) is 0 Å². The van der Waals surface area contributed by atoms with Crippen molar-refractivity contribution in [3.05, 3.63) is 12.8 Å². The molecule has 3 nitrogen and oxygen atoms in total. The summed E-state index contributed by atoms with van der Waals surface area (Å²) in [6.45, 7) is 4.93. The number of nitrogens with zero attached hydrogens (tertiary/aromatic N) is 1. The van der Waals surface area contributed by atoms with Crippen LogP contribution in [0.2, 0.25) is 0 Å². The summed E-state index contributed by atoms with van der Waals surface area (Å²) in [4.78, 5) is 0. The molecule has 0 heterocycles. The van der Waals surface area contributed by atoms with Crippen LogP contribution >= 0.6 is 0 Å². The quantitative estimate of drug-likeness (QED) is 0.171. The number of ether oxygens (including phenoxy) is 1. The number of rotatable bonds is 1. The van der Waals surface area contributed by atoms with E-state index in [0.717, 1.165) is 0 Å². The van der Waals surface area contributed by atoms with E-state index in [-0.39, 0.29) is 0 Å². The average Bonchev–Trinajstić information content (AvgIpc) is 1.68. The van der Waals surface area contributed by atoms with Crippen LogP contribution < -0.4 is 5.84 Å². The molecular weight excluding hydrogens is 92.1 g/mol. The van der Waals surface area contributed by atoms with Crippen molar-refractivity contribution < 1.29 is 4.74 Å². The summed E-state index contributed by atoms with van der Waals surface area (Å²) < 4.78 is 4.58. The van der Waals surface area contributed by atoms with Crippen LogP contribution in [-0.2, 0) is 4.74 Å². The Morgan fingerprint density at radius 1 is 2.00 bits per heavy atom. The van der Waals surface area contributed by atoms with Crippen LogP contribution in [-0.4, -0.2) is 5.90 Å². The Kier molecular flexibility index (Phi) is 2.76. The van der Waals surface area contributed by atoms with E-state index in [4.69, 9.17) is 5.84 Å². The summed E-state index contributed by atoms with van der Waals surface area (Å²) in [5, 5.41) is 3.20. The molecule has 0 amide bonds. The lowest BCUT2D eigenvalue weighted by molar-refractivity contribution is 0.468. The van der Waals surface area contributed by atoms with Crippen molar-refractivity contribution in [2.24, 2.45) is 10.9 Å². The molecule has 0 atom stereocenters. The van der Waals surface area contributed by atoms with Crippen LogP contribution in [0, 0.1) is 0 Å². The zero-order valence-electron chi connectivity index (χ0n) is 4.22. The monoisotopic (exact) mass is 100 g/mol. The van der Waals surface area contributed by atoms with Crippen LogP contribution in [0.25, 0.3) is 0 Å². The molecule has 0 spiro atoms. The van der Waals surface area contributed by atoms with Crippen molar-refractivity contribution in [3.8, 4) is 0 Å². The molecule has 0 rings (SSSR count). The van der Waals surface area contributed by atoms with E-state index in [9.17, 15) is 0 Å². The molecule has 0 saturated carbocycles. The van der Waals surface area contributed by atoms with Crippen molar-refractivity contribution in [1.29, 1.82) is 0 Å². The number of hydrazone groups is 1. The summed E-state index contributed by atoms with van der Waals surface area (Å²) in [7, 11) is 0. The molecule has 7 heavy (non-hydrogen) atoms. The summed E-state index contributed by atoms with van der Waals surface area (Å²) in [6.07, 6.45) is 1.27. The van der Waals surface area contributed by atoms with E-state index >= 15 is 0 Å². The largest absolute Gasteiger partial charge is 0.450 e. The van der Waals surface area contributed by atoms with Gasteiger partial charge < -0.3 is 10.6 Å². The second kappa shape index (κ2) is 3.21. The average molecular weight is 100 g/mol. The third-order valence-corrected chi connectivity index (χ3v) is 0.436. The summed E-state index contributed by atoms with van der Waals surface area (Å²) in [5.41, 5.74) is 0. The second-order valence-corrected chi connectivity index (χ2v) is 0.933. The molecule has 0 radical (unpaired) electrons. The lowest BCUT2D eigenvalue weighted by Gasteiger charge is -1.90. The van der Waals surface area contributed by atoms with Gasteiger partial charge in [0.2, 0.25) is 5.90 Å². The molecule has 0 bridgehead atoms. The van der Waals surface area contributed by atoms with E-state index in [0.29, 0.717) is 5.90 Å². The van der Waals surface area contributed by atoms with Gasteiger partial charge in [-0.2, -0.15) is 0 Å². The Balaban J connectivity index is 3.36. The molecular formula is C4H8N2O. The van der Waals surface area contributed by atoms with Gasteiger partial charge in [0.25, 0.3) is 0 Å². The lowest BCUT2D eigenvalue weighted by Crippen LogP contribution is -1.96. The molecule has 40 valence electrons. The van der Waals surface area contributed by atoms with E-state index < -0.39 is 0 Å². The molecule has 0 aliphatic rings. The van der Waals surface area contributed by atoms with Crippen LogP contribution in [0.5, 0.6) is 0 Å². The Morgan fingerprint density at radius 2 is 2.57 bits per heavy atom. The van der Waals surface area contributed by atoms with Crippen molar-refractivity contribution in [2.45, 2.75) is 6.92 Å². The summed E-state index contributed by atoms with van der Waals surface area (Å²) >= 11 is 0. The highest BCUT2D eigenvalue weighted by Gasteiger charge is 1.78. The molecule has 3 heteroatoms. The van der Waals surface area contributed by atoms with E-state index in [1.54, 1.807) is 6.92 Å². The van der Waals surface area contributed by atoms with Gasteiger partial charge in [0.1, 0.15) is 0 Å². The molecule has 0 aliphatic heterocycles. The smallest absolute Gasteiger partial charge is 0.207 e. The van der Waals surface area contributed by atoms with Crippen molar-refractivity contribution in [1.82, 2.24) is 0 Å². The standard InChI is InChI=1S/C4H8N2O/c1-3-7-4(2)6-5/h3H,1,5H2,2H3/b6-4-. The third-order valence-electron chi connectivity index (χ3n) is 0.436. The van der Waals surface area contributed by atoms with E-state index in [2.05, 4.69) is 16.4 Å². The minimum Gasteiger partial charge on any atom is -0.450 e. The van der Waals surface area contributed by atoms with E-state index in [1.165, 1.54) is 6.26 Å². The van der Waals surface area contributed by atoms with Gasteiger partial charge in [-0.25, -0.2) is 0 Å². The van der Waals surface area contributed by atoms with Gasteiger partial charge in [-0.3, -0.25) is 0 Å². The van der Waals surface area contributed by atoms with Gasteiger partial charge in [0.05, 0.1) is 6.26 Å². The fraction of sp³-hybridized carbons (Fsp3) is 0.250. The fourth-order valence-corrected chi connectivity index (χ4v) is 0.151. The van der Waals surface area contributed by atoms with Gasteiger partial charge >= 0.3 is 0 Å². The Hall–Kier alpha value is -0.990. The second-order valence-electron chi connectivity index (χ2n) is 0.933. The number of hydrogen-bond donors (Lipinski definition) is 1. The summed E-state index contributed by atoms with van der Waals surface area (Å²) in [5.74, 6) is 5.19. The molecule has 0 saturated heterocycles. The zero-order chi connectivity index (χ0) is 5.70. The molecule has 0 aromatic rings. The van der Waals surface area contributed by atoms with Crippen LogP contribution in [0.4, 0.5) is 0 Å². The molecule has 2 N–H and O–H groups in total. The van der Waals surface area contributed by atoms with Gasteiger partial charge in [-0.15, -0.1) is 5.10 Å². The zero-order valence-corrected chi connectivity index (χ0v) is 4.22. The van der Waals surface area contributed by atoms with Crippen molar-refractivity contribution >= 4 is 5.90 Å². The molecule has 0 aliphatic carbocycles. The molecule has 0 unspecified atom stereocenters. The maximum atomic E-state index is 4.77. The summed E-state index contributed by atoms with van der Waals surface area (Å²) in [6, 6.07) is 0. The van der Waals surface area contributed by atoms with Crippen molar-refractivity contribution in [3.63, 3.8) is 0 Å². The van der Waals surface area contributed by atoms with Crippen molar-refractivity contribution in [2.75, 3.05) is 0 Å². The first-order valence-corrected chi connectivity index (χ1v) is 1.83.